The van der Waals surface area contributed by atoms with Crippen LogP contribution in [0.5, 0.6) is 11.5 Å². The number of rotatable bonds is 6. The molecule has 2 aromatic rings. The smallest absolute Gasteiger partial charge is 0.312 e. The highest BCUT2D eigenvalue weighted by Gasteiger charge is 2.33. The fourth-order valence-corrected chi connectivity index (χ4v) is 3.17. The number of hydrogen-bond donors (Lipinski definition) is 3. The molecule has 0 saturated carbocycles. The zero-order valence-electron chi connectivity index (χ0n) is 14.8. The van der Waals surface area contributed by atoms with Gasteiger partial charge in [0.15, 0.2) is 0 Å². The van der Waals surface area contributed by atoms with Crippen LogP contribution in [0.15, 0.2) is 53.6 Å². The molecule has 1 saturated heterocycles. The van der Waals surface area contributed by atoms with Crippen molar-refractivity contribution in [3.05, 3.63) is 59.7 Å². The molecule has 1 heterocycles. The first-order valence-electron chi connectivity index (χ1n) is 8.36. The molecule has 2 aromatic carbocycles. The van der Waals surface area contributed by atoms with Crippen molar-refractivity contribution in [2.75, 3.05) is 0 Å². The molecule has 10 heteroatoms. The van der Waals surface area contributed by atoms with E-state index in [9.17, 15) is 24.3 Å². The summed E-state index contributed by atoms with van der Waals surface area (Å²) in [4.78, 5) is 46.4. The summed E-state index contributed by atoms with van der Waals surface area (Å²) in [6, 6.07) is 12.4. The van der Waals surface area contributed by atoms with E-state index < -0.39 is 28.3 Å². The Morgan fingerprint density at radius 3 is 2.55 bits per heavy atom. The Balaban J connectivity index is 1.51. The summed E-state index contributed by atoms with van der Waals surface area (Å²) in [6.07, 6.45) is 1.17. The van der Waals surface area contributed by atoms with E-state index >= 15 is 0 Å². The van der Waals surface area contributed by atoms with E-state index in [1.807, 2.05) is 0 Å². The predicted molar refractivity (Wildman–Crippen MR) is 105 cm³/mol. The first kappa shape index (κ1) is 20.1. The third-order valence-electron chi connectivity index (χ3n) is 3.76. The van der Waals surface area contributed by atoms with Crippen molar-refractivity contribution in [3.8, 4) is 11.5 Å². The van der Waals surface area contributed by atoms with Crippen LogP contribution < -0.4 is 15.5 Å². The predicted octanol–water partition coefficient (Wildman–Crippen LogP) is 1.80. The van der Waals surface area contributed by atoms with Crippen molar-refractivity contribution >= 4 is 41.0 Å². The van der Waals surface area contributed by atoms with Gasteiger partial charge in [0.2, 0.25) is 5.91 Å². The maximum absolute atomic E-state index is 11.9. The van der Waals surface area contributed by atoms with Gasteiger partial charge in [-0.05, 0) is 42.0 Å². The van der Waals surface area contributed by atoms with Gasteiger partial charge in [0.25, 0.3) is 11.1 Å². The zero-order valence-corrected chi connectivity index (χ0v) is 15.6. The average Bonchev–Trinajstić information content (AvgIpc) is 3.00. The summed E-state index contributed by atoms with van der Waals surface area (Å²) >= 11 is 0.758. The number of carbonyl (C=O) groups is 4. The largest absolute Gasteiger partial charge is 0.507 e. The molecule has 3 amide bonds. The number of phenols is 1. The summed E-state index contributed by atoms with van der Waals surface area (Å²) in [7, 11) is 0. The molecule has 148 valence electrons. The molecule has 0 unspecified atom stereocenters. The van der Waals surface area contributed by atoms with E-state index in [1.54, 1.807) is 24.3 Å². The molecular weight excluding hydrogens is 398 g/mol. The third kappa shape index (κ3) is 5.42. The Hall–Kier alpha value is -3.66. The number of nitrogens with one attached hydrogen (secondary N) is 2. The van der Waals surface area contributed by atoms with E-state index in [0.29, 0.717) is 5.56 Å². The Kier molecular flexibility index (Phi) is 6.25. The number of esters is 1. The van der Waals surface area contributed by atoms with Crippen LogP contribution in [0.25, 0.3) is 0 Å². The number of hydrogen-bond acceptors (Lipinski definition) is 8. The molecule has 1 fully saturated rings. The lowest BCUT2D eigenvalue weighted by Crippen LogP contribution is -2.27. The van der Waals surface area contributed by atoms with Gasteiger partial charge in [0, 0.05) is 0 Å². The molecule has 1 aliphatic heterocycles. The number of imide groups is 1. The summed E-state index contributed by atoms with van der Waals surface area (Å²) in [5.74, 6) is -1.58. The van der Waals surface area contributed by atoms with Crippen LogP contribution >= 0.6 is 11.8 Å². The number of thioether (sulfide) groups is 1. The van der Waals surface area contributed by atoms with Crippen LogP contribution in [-0.2, 0) is 9.59 Å². The van der Waals surface area contributed by atoms with Crippen LogP contribution in [-0.4, -0.2) is 39.6 Å². The van der Waals surface area contributed by atoms with Gasteiger partial charge in [0.05, 0.1) is 18.2 Å². The molecule has 0 spiro atoms. The normalized spacial score (nSPS) is 15.9. The number of benzene rings is 2. The Bertz CT molecular complexity index is 990. The topological polar surface area (TPSA) is 134 Å². The molecular formula is C19H15N3O6S. The number of para-hydroxylation sites is 1. The summed E-state index contributed by atoms with van der Waals surface area (Å²) in [5, 5.41) is 14.3. The molecule has 0 radical (unpaired) electrons. The first-order chi connectivity index (χ1) is 13.9. The molecule has 3 rings (SSSR count). The van der Waals surface area contributed by atoms with Gasteiger partial charge in [0.1, 0.15) is 16.7 Å². The molecule has 0 bridgehead atoms. The number of phenolic OH excluding ortho intramolecular Hbond substituents is 1. The van der Waals surface area contributed by atoms with E-state index in [4.69, 9.17) is 4.74 Å². The maximum Gasteiger partial charge on any atom is 0.312 e. The third-order valence-corrected chi connectivity index (χ3v) is 4.74. The minimum atomic E-state index is -0.783. The second-order valence-electron chi connectivity index (χ2n) is 5.85. The molecule has 1 atom stereocenters. The van der Waals surface area contributed by atoms with Crippen molar-refractivity contribution < 1.29 is 29.0 Å². The van der Waals surface area contributed by atoms with Crippen LogP contribution in [0.1, 0.15) is 22.3 Å². The quantitative estimate of drug-likeness (QED) is 0.284. The van der Waals surface area contributed by atoms with Crippen LogP contribution in [0.4, 0.5) is 4.79 Å². The van der Waals surface area contributed by atoms with Gasteiger partial charge < -0.3 is 9.84 Å². The molecule has 1 aliphatic rings. The van der Waals surface area contributed by atoms with E-state index in [1.165, 1.54) is 30.5 Å². The van der Waals surface area contributed by atoms with Gasteiger partial charge in [-0.15, -0.1) is 0 Å². The highest BCUT2D eigenvalue weighted by atomic mass is 32.2. The standard InChI is InChI=1S/C19H15N3O6S/c23-14-4-2-1-3-13(14)17(25)22-20-10-11-5-7-12(8-6-11)28-16(24)9-15-18(26)21-19(27)29-15/h1-8,10,15,23H,9H2,(H,22,25)(H,21,26,27)/t15-/m0/s1. The monoisotopic (exact) mass is 413 g/mol. The molecule has 29 heavy (non-hydrogen) atoms. The second-order valence-corrected chi connectivity index (χ2v) is 7.02. The van der Waals surface area contributed by atoms with Crippen molar-refractivity contribution in [2.45, 2.75) is 11.7 Å². The van der Waals surface area contributed by atoms with Crippen LogP contribution in [0.2, 0.25) is 0 Å². The van der Waals surface area contributed by atoms with Gasteiger partial charge >= 0.3 is 5.97 Å². The number of hydrazone groups is 1. The van der Waals surface area contributed by atoms with Gasteiger partial charge in [-0.25, -0.2) is 5.43 Å². The van der Waals surface area contributed by atoms with Crippen molar-refractivity contribution in [1.82, 2.24) is 10.7 Å². The Morgan fingerprint density at radius 1 is 1.17 bits per heavy atom. The summed E-state index contributed by atoms with van der Waals surface area (Å²) in [5.41, 5.74) is 3.02. The van der Waals surface area contributed by atoms with E-state index in [-0.39, 0.29) is 23.5 Å². The second kappa shape index (κ2) is 9.02. The van der Waals surface area contributed by atoms with Crippen LogP contribution in [0.3, 0.4) is 0 Å². The molecule has 3 N–H and O–H groups in total. The lowest BCUT2D eigenvalue weighted by molar-refractivity contribution is -0.135. The number of amides is 3. The minimum absolute atomic E-state index is 0.0997. The van der Waals surface area contributed by atoms with E-state index in [0.717, 1.165) is 11.8 Å². The Labute approximate surface area is 169 Å². The number of ether oxygens (including phenoxy) is 1. The molecule has 0 aliphatic carbocycles. The number of nitrogens with zero attached hydrogens (tertiary/aromatic N) is 1. The van der Waals surface area contributed by atoms with Crippen molar-refractivity contribution in [2.24, 2.45) is 5.10 Å². The fourth-order valence-electron chi connectivity index (χ4n) is 2.37. The zero-order chi connectivity index (χ0) is 20.8. The van der Waals surface area contributed by atoms with Gasteiger partial charge in [-0.3, -0.25) is 24.5 Å². The van der Waals surface area contributed by atoms with Gasteiger partial charge in [-0.2, -0.15) is 5.10 Å². The maximum atomic E-state index is 11.9. The Morgan fingerprint density at radius 2 is 1.90 bits per heavy atom. The van der Waals surface area contributed by atoms with Crippen molar-refractivity contribution in [1.29, 1.82) is 0 Å². The summed E-state index contributed by atoms with van der Waals surface area (Å²) < 4.78 is 5.14. The highest BCUT2D eigenvalue weighted by molar-refractivity contribution is 8.15. The minimum Gasteiger partial charge on any atom is -0.507 e. The van der Waals surface area contributed by atoms with Crippen molar-refractivity contribution in [3.63, 3.8) is 0 Å². The fraction of sp³-hybridized carbons (Fsp3) is 0.105. The number of carbonyl (C=O) groups excluding carboxylic acids is 4. The lowest BCUT2D eigenvalue weighted by Gasteiger charge is -2.06. The van der Waals surface area contributed by atoms with Crippen LogP contribution in [0, 0.1) is 0 Å². The van der Waals surface area contributed by atoms with Gasteiger partial charge in [-0.1, -0.05) is 23.9 Å². The summed E-state index contributed by atoms with van der Waals surface area (Å²) in [6.45, 7) is 0. The van der Waals surface area contributed by atoms with E-state index in [2.05, 4.69) is 15.8 Å². The SMILES string of the molecule is O=C(C[C@@H]1SC(=O)NC1=O)Oc1ccc(C=NNC(=O)c2ccccc2O)cc1. The molecule has 0 aromatic heterocycles. The first-order valence-corrected chi connectivity index (χ1v) is 9.24. The average molecular weight is 413 g/mol. The molecule has 9 nitrogen and oxygen atoms in total. The number of aromatic hydroxyl groups is 1. The lowest BCUT2D eigenvalue weighted by atomic mass is 10.2. The highest BCUT2D eigenvalue weighted by Crippen LogP contribution is 2.23.